The zero-order chi connectivity index (χ0) is 48.3. The first kappa shape index (κ1) is 47.7. The van der Waals surface area contributed by atoms with Gasteiger partial charge in [-0.3, -0.25) is 18.7 Å². The van der Waals surface area contributed by atoms with Gasteiger partial charge in [-0.1, -0.05) is 23.5 Å². The summed E-state index contributed by atoms with van der Waals surface area (Å²) in [7, 11) is 3.21. The molecule has 1 N–H and O–H groups in total. The first-order valence-electron chi connectivity index (χ1n) is 21.1. The van der Waals surface area contributed by atoms with Crippen LogP contribution in [0.5, 0.6) is 34.5 Å². The van der Waals surface area contributed by atoms with Gasteiger partial charge in [0.05, 0.1) is 25.7 Å². The lowest BCUT2D eigenvalue weighted by atomic mass is 10.1. The molecule has 2 aliphatic heterocycles. The highest BCUT2D eigenvalue weighted by Crippen LogP contribution is 2.39. The van der Waals surface area contributed by atoms with Crippen LogP contribution in [0.25, 0.3) is 34.2 Å². The lowest BCUT2D eigenvalue weighted by molar-refractivity contribution is 0.101. The maximum Gasteiger partial charge on any atom is 0.231 e. The number of hydrogen-bond donors (Lipinski definition) is 1. The van der Waals surface area contributed by atoms with Crippen LogP contribution in [0.2, 0.25) is 0 Å². The number of benzene rings is 6. The van der Waals surface area contributed by atoms with Gasteiger partial charge in [-0.2, -0.15) is 0 Å². The molecule has 0 amide bonds. The molecule has 0 aliphatic carbocycles. The van der Waals surface area contributed by atoms with Crippen LogP contribution in [0.1, 0.15) is 27.6 Å². The number of aliphatic hydroxyl groups is 1. The van der Waals surface area contributed by atoms with Crippen molar-refractivity contribution in [2.24, 2.45) is 0 Å². The molecule has 69 heavy (non-hydrogen) atoms. The Morgan fingerprint density at radius 2 is 0.913 bits per heavy atom. The predicted octanol–water partition coefficient (Wildman–Crippen LogP) is 9.57. The van der Waals surface area contributed by atoms with Gasteiger partial charge in [-0.25, -0.2) is 8.78 Å². The van der Waals surface area contributed by atoms with Crippen molar-refractivity contribution in [3.05, 3.63) is 156 Å². The number of ether oxygens (including phenoxy) is 6. The number of fused-ring (bicyclic) bond motifs is 2. The minimum Gasteiger partial charge on any atom is -0.497 e. The molecule has 0 bridgehead atoms. The standard InChI is InChI=1S/2C24H18FN3O4S.C2H6O/c2*1-30-19-9-7-18(8-10-19)28-23(16-4-11-21-22(12-16)32-14-31-21)26-27-24(28)33-13-20(29)15-2-5-17(25)6-3-15;1-2-3/h2*2-12H,13-14H2,1H3;3H,2H2,1H3. The van der Waals surface area contributed by atoms with E-state index in [0.29, 0.717) is 56.1 Å². The molecule has 0 saturated carbocycles. The third kappa shape index (κ3) is 11.3. The van der Waals surface area contributed by atoms with Gasteiger partial charge in [-0.15, -0.1) is 20.4 Å². The van der Waals surface area contributed by atoms with Gasteiger partial charge in [0.15, 0.2) is 56.5 Å². The maximum atomic E-state index is 13.2. The second-order valence-corrected chi connectivity index (χ2v) is 16.5. The van der Waals surface area contributed by atoms with Gasteiger partial charge < -0.3 is 33.5 Å². The number of rotatable bonds is 14. The molecular formula is C50H42F2N6O9S2. The van der Waals surface area contributed by atoms with Gasteiger partial charge in [0.25, 0.3) is 0 Å². The molecule has 2 aromatic heterocycles. The Morgan fingerprint density at radius 1 is 0.551 bits per heavy atom. The number of methoxy groups -OCH3 is 2. The molecule has 0 fully saturated rings. The van der Waals surface area contributed by atoms with Crippen molar-refractivity contribution in [2.75, 3.05) is 45.9 Å². The SMILES string of the molecule is CCO.COc1ccc(-n2c(SCC(=O)c3ccc(F)cc3)nnc2-c2ccc3c(c2)OCO3)cc1.COc1ccc(-n2c(SCC(=O)c3ccc(F)cc3)nnc2-c2ccc3c(c2)OCO3)cc1. The monoisotopic (exact) mass is 972 g/mol. The van der Waals surface area contributed by atoms with E-state index in [2.05, 4.69) is 20.4 Å². The summed E-state index contributed by atoms with van der Waals surface area (Å²) in [6, 6.07) is 37.1. The molecule has 8 aromatic rings. The van der Waals surface area contributed by atoms with E-state index >= 15 is 0 Å². The van der Waals surface area contributed by atoms with Crippen LogP contribution in [0.3, 0.4) is 0 Å². The minimum atomic E-state index is -0.383. The van der Waals surface area contributed by atoms with E-state index in [4.69, 9.17) is 33.5 Å². The molecule has 0 atom stereocenters. The van der Waals surface area contributed by atoms with Crippen LogP contribution in [-0.2, 0) is 0 Å². The van der Waals surface area contributed by atoms with Crippen molar-refractivity contribution in [1.82, 2.24) is 29.5 Å². The summed E-state index contributed by atoms with van der Waals surface area (Å²) in [4.78, 5) is 25.2. The second-order valence-electron chi connectivity index (χ2n) is 14.6. The van der Waals surface area contributed by atoms with Crippen LogP contribution >= 0.6 is 23.5 Å². The Morgan fingerprint density at radius 3 is 1.28 bits per heavy atom. The molecule has 15 nitrogen and oxygen atoms in total. The van der Waals surface area contributed by atoms with Gasteiger partial charge in [0.2, 0.25) is 13.6 Å². The highest BCUT2D eigenvalue weighted by atomic mass is 32.2. The Balaban J connectivity index is 0.000000176. The summed E-state index contributed by atoms with van der Waals surface area (Å²) in [6.07, 6.45) is 0. The number of halogens is 2. The smallest absolute Gasteiger partial charge is 0.231 e. The number of ketones is 2. The quantitative estimate of drug-likeness (QED) is 0.0806. The van der Waals surface area contributed by atoms with E-state index in [1.807, 2.05) is 94.1 Å². The molecular weight excluding hydrogens is 931 g/mol. The summed E-state index contributed by atoms with van der Waals surface area (Å²) >= 11 is 2.52. The normalized spacial score (nSPS) is 11.8. The molecule has 0 spiro atoms. The van der Waals surface area contributed by atoms with Crippen molar-refractivity contribution in [2.45, 2.75) is 17.2 Å². The zero-order valence-corrected chi connectivity index (χ0v) is 38.8. The number of thioether (sulfide) groups is 2. The molecule has 352 valence electrons. The highest BCUT2D eigenvalue weighted by molar-refractivity contribution is 8.00. The molecule has 10 rings (SSSR count). The molecule has 2 aliphatic rings. The summed E-state index contributed by atoms with van der Waals surface area (Å²) in [5.74, 6) is 4.47. The lowest BCUT2D eigenvalue weighted by Crippen LogP contribution is -2.05. The molecule has 4 heterocycles. The number of aliphatic hydroxyl groups excluding tert-OH is 1. The van der Waals surface area contributed by atoms with Gasteiger partial charge in [0, 0.05) is 40.2 Å². The molecule has 6 aromatic carbocycles. The van der Waals surface area contributed by atoms with Crippen LogP contribution in [0, 0.1) is 11.6 Å². The first-order valence-corrected chi connectivity index (χ1v) is 23.1. The van der Waals surface area contributed by atoms with Crippen molar-refractivity contribution < 1.29 is 51.9 Å². The Kier molecular flexibility index (Phi) is 15.5. The maximum absolute atomic E-state index is 13.2. The number of carbonyl (C=O) groups excluding carboxylic acids is 2. The van der Waals surface area contributed by atoms with Crippen molar-refractivity contribution in [3.8, 4) is 68.6 Å². The van der Waals surface area contributed by atoms with E-state index in [1.54, 1.807) is 21.1 Å². The summed E-state index contributed by atoms with van der Waals surface area (Å²) in [6.45, 7) is 2.28. The van der Waals surface area contributed by atoms with Crippen molar-refractivity contribution in [1.29, 1.82) is 0 Å². The fourth-order valence-electron chi connectivity index (χ4n) is 6.80. The van der Waals surface area contributed by atoms with Crippen LogP contribution in [-0.4, -0.2) is 92.1 Å². The largest absolute Gasteiger partial charge is 0.497 e. The summed E-state index contributed by atoms with van der Waals surface area (Å²) < 4.78 is 62.5. The van der Waals surface area contributed by atoms with E-state index in [0.717, 1.165) is 34.0 Å². The Labute approximate surface area is 403 Å². The number of nitrogens with zero attached hydrogens (tertiary/aromatic N) is 6. The first-order chi connectivity index (χ1) is 33.7. The predicted molar refractivity (Wildman–Crippen MR) is 255 cm³/mol. The van der Waals surface area contributed by atoms with E-state index in [1.165, 1.54) is 72.1 Å². The average molecular weight is 973 g/mol. The number of Topliss-reactive ketones (excluding diaryl/α,β-unsaturated/α-hetero) is 2. The van der Waals surface area contributed by atoms with Crippen molar-refractivity contribution in [3.63, 3.8) is 0 Å². The number of hydrogen-bond acceptors (Lipinski definition) is 15. The second kappa shape index (κ2) is 22.4. The molecule has 0 unspecified atom stereocenters. The van der Waals surface area contributed by atoms with E-state index in [-0.39, 0.29) is 54.9 Å². The Bertz CT molecular complexity index is 2840. The van der Waals surface area contributed by atoms with Crippen LogP contribution < -0.4 is 28.4 Å². The van der Waals surface area contributed by atoms with Gasteiger partial charge in [0.1, 0.15) is 23.1 Å². The third-order valence-corrected chi connectivity index (χ3v) is 12.0. The van der Waals surface area contributed by atoms with Crippen LogP contribution in [0.15, 0.2) is 144 Å². The average Bonchev–Trinajstić information content (AvgIpc) is 4.22. The number of carbonyl (C=O) groups is 2. The molecule has 0 saturated heterocycles. The highest BCUT2D eigenvalue weighted by Gasteiger charge is 2.23. The lowest BCUT2D eigenvalue weighted by Gasteiger charge is -2.11. The van der Waals surface area contributed by atoms with E-state index in [9.17, 15) is 18.4 Å². The summed E-state index contributed by atoms with van der Waals surface area (Å²) in [5.41, 5.74) is 4.08. The van der Waals surface area contributed by atoms with Crippen molar-refractivity contribution >= 4 is 35.1 Å². The van der Waals surface area contributed by atoms with Gasteiger partial charge in [-0.05, 0) is 140 Å². The topological polar surface area (TPSA) is 171 Å². The summed E-state index contributed by atoms with van der Waals surface area (Å²) in [5, 5.41) is 26.1. The Hall–Kier alpha value is -7.74. The molecule has 0 radical (unpaired) electrons. The van der Waals surface area contributed by atoms with E-state index < -0.39 is 0 Å². The minimum absolute atomic E-state index is 0.126. The zero-order valence-electron chi connectivity index (χ0n) is 37.2. The number of aromatic nitrogens is 6. The van der Waals surface area contributed by atoms with Crippen LogP contribution in [0.4, 0.5) is 8.78 Å². The fourth-order valence-corrected chi connectivity index (χ4v) is 8.49. The third-order valence-electron chi connectivity index (χ3n) is 10.2. The molecule has 19 heteroatoms. The van der Waals surface area contributed by atoms with Gasteiger partial charge >= 0.3 is 0 Å². The fraction of sp³-hybridized carbons (Fsp3) is 0.160.